The fraction of sp³-hybridized carbons (Fsp3) is 0.286. The standard InChI is InChI=1S/C7H8FN/c1-2-7-5-6(8)3-4-9-7/h3-5H,2H2,1H3/i1D3,2D2. The first kappa shape index (κ1) is 2.37. The highest BCUT2D eigenvalue weighted by Gasteiger charge is 1.90. The van der Waals surface area contributed by atoms with Crippen molar-refractivity contribution in [1.29, 1.82) is 0 Å². The van der Waals surface area contributed by atoms with E-state index in [1.54, 1.807) is 0 Å². The summed E-state index contributed by atoms with van der Waals surface area (Å²) in [5.74, 6) is -0.705. The first-order valence-corrected chi connectivity index (χ1v) is 2.37. The van der Waals surface area contributed by atoms with Gasteiger partial charge in [0.1, 0.15) is 5.82 Å². The maximum absolute atomic E-state index is 12.7. The van der Waals surface area contributed by atoms with Crippen LogP contribution in [0.4, 0.5) is 4.39 Å². The van der Waals surface area contributed by atoms with E-state index in [0.29, 0.717) is 0 Å². The molecule has 0 amide bonds. The van der Waals surface area contributed by atoms with Crippen molar-refractivity contribution >= 4 is 0 Å². The summed E-state index contributed by atoms with van der Waals surface area (Å²) < 4.78 is 48.1. The molecule has 1 aromatic rings. The number of pyridine rings is 1. The molecule has 0 radical (unpaired) electrons. The fourth-order valence-corrected chi connectivity index (χ4v) is 0.473. The molecule has 0 N–H and O–H groups in total. The fourth-order valence-electron chi connectivity index (χ4n) is 0.473. The summed E-state index contributed by atoms with van der Waals surface area (Å²) in [5.41, 5.74) is -0.419. The van der Waals surface area contributed by atoms with Crippen molar-refractivity contribution in [2.24, 2.45) is 0 Å². The first-order valence-electron chi connectivity index (χ1n) is 4.87. The Morgan fingerprint density at radius 3 is 3.56 bits per heavy atom. The Morgan fingerprint density at radius 2 is 2.89 bits per heavy atom. The van der Waals surface area contributed by atoms with Crippen LogP contribution < -0.4 is 0 Å². The molecular formula is C7H8FN. The number of aromatic nitrogens is 1. The van der Waals surface area contributed by atoms with E-state index in [0.717, 1.165) is 18.3 Å². The summed E-state index contributed by atoms with van der Waals surface area (Å²) in [6.45, 7) is -2.85. The third kappa shape index (κ3) is 1.49. The van der Waals surface area contributed by atoms with Gasteiger partial charge in [-0.1, -0.05) is 6.85 Å². The molecule has 1 heterocycles. The maximum atomic E-state index is 12.7. The van der Waals surface area contributed by atoms with Crippen molar-refractivity contribution in [1.82, 2.24) is 4.98 Å². The van der Waals surface area contributed by atoms with Crippen LogP contribution in [0.15, 0.2) is 18.3 Å². The average molecular weight is 130 g/mol. The molecule has 0 saturated carbocycles. The zero-order valence-corrected chi connectivity index (χ0v) is 4.56. The van der Waals surface area contributed by atoms with Crippen LogP contribution in [0.2, 0.25) is 0 Å². The second kappa shape index (κ2) is 2.58. The molecule has 9 heavy (non-hydrogen) atoms. The minimum absolute atomic E-state index is 0.419. The van der Waals surface area contributed by atoms with Crippen molar-refractivity contribution in [3.8, 4) is 0 Å². The van der Waals surface area contributed by atoms with Gasteiger partial charge in [0, 0.05) is 18.7 Å². The van der Waals surface area contributed by atoms with Crippen molar-refractivity contribution < 1.29 is 11.2 Å². The largest absolute Gasteiger partial charge is 0.261 e. The van der Waals surface area contributed by atoms with Gasteiger partial charge in [0.2, 0.25) is 0 Å². The minimum atomic E-state index is -2.85. The van der Waals surface area contributed by atoms with E-state index in [2.05, 4.69) is 4.98 Å². The molecule has 0 unspecified atom stereocenters. The van der Waals surface area contributed by atoms with Crippen LogP contribution in [-0.4, -0.2) is 4.98 Å². The van der Waals surface area contributed by atoms with E-state index >= 15 is 0 Å². The number of hydrogen-bond donors (Lipinski definition) is 0. The maximum Gasteiger partial charge on any atom is 0.126 e. The molecule has 2 heteroatoms. The minimum Gasteiger partial charge on any atom is -0.261 e. The summed E-state index contributed by atoms with van der Waals surface area (Å²) in [7, 11) is 0. The molecule has 0 aliphatic carbocycles. The Hall–Kier alpha value is -0.920. The van der Waals surface area contributed by atoms with Crippen molar-refractivity contribution in [2.75, 3.05) is 0 Å². The van der Waals surface area contributed by atoms with Gasteiger partial charge in [0.25, 0.3) is 0 Å². The zero-order valence-electron chi connectivity index (χ0n) is 9.56. The van der Waals surface area contributed by atoms with Crippen LogP contribution in [0.1, 0.15) is 19.4 Å². The van der Waals surface area contributed by atoms with Crippen LogP contribution >= 0.6 is 0 Å². The third-order valence-corrected chi connectivity index (χ3v) is 0.850. The smallest absolute Gasteiger partial charge is 0.126 e. The van der Waals surface area contributed by atoms with Crippen molar-refractivity contribution in [3.05, 3.63) is 29.8 Å². The second-order valence-electron chi connectivity index (χ2n) is 1.48. The molecule has 0 saturated heterocycles. The van der Waals surface area contributed by atoms with E-state index in [9.17, 15) is 4.39 Å². The van der Waals surface area contributed by atoms with Gasteiger partial charge < -0.3 is 0 Å². The summed E-state index contributed by atoms with van der Waals surface area (Å²) in [6, 6.07) is 1.81. The van der Waals surface area contributed by atoms with Gasteiger partial charge in [-0.3, -0.25) is 4.98 Å². The molecular weight excluding hydrogens is 117 g/mol. The quantitative estimate of drug-likeness (QED) is 0.564. The zero-order chi connectivity index (χ0) is 11.0. The number of halogens is 1. The first-order chi connectivity index (χ1) is 6.25. The Bertz CT molecular complexity index is 335. The lowest BCUT2D eigenvalue weighted by Gasteiger charge is -1.91. The molecule has 1 nitrogen and oxygen atoms in total. The number of aryl methyl sites for hydroxylation is 1. The van der Waals surface area contributed by atoms with Gasteiger partial charge in [0.05, 0.1) is 0 Å². The predicted octanol–water partition coefficient (Wildman–Crippen LogP) is 1.78. The number of rotatable bonds is 1. The Kier molecular flexibility index (Phi) is 0.678. The van der Waals surface area contributed by atoms with E-state index in [4.69, 9.17) is 6.85 Å². The summed E-state index contributed by atoms with van der Waals surface area (Å²) in [4.78, 5) is 3.50. The van der Waals surface area contributed by atoms with Gasteiger partial charge in [-0.2, -0.15) is 0 Å². The van der Waals surface area contributed by atoms with Gasteiger partial charge in [-0.05, 0) is 18.5 Å². The van der Waals surface area contributed by atoms with E-state index in [-0.39, 0.29) is 0 Å². The molecule has 0 aliphatic heterocycles. The monoisotopic (exact) mass is 130 g/mol. The molecule has 0 aliphatic rings. The molecule has 0 fully saturated rings. The van der Waals surface area contributed by atoms with Gasteiger partial charge in [-0.15, -0.1) is 0 Å². The molecule has 0 spiro atoms. The van der Waals surface area contributed by atoms with Gasteiger partial charge >= 0.3 is 0 Å². The van der Waals surface area contributed by atoms with Crippen LogP contribution in [0.25, 0.3) is 0 Å². The lowest BCUT2D eigenvalue weighted by molar-refractivity contribution is 0.622. The Labute approximate surface area is 60.6 Å². The van der Waals surface area contributed by atoms with Crippen LogP contribution in [0.5, 0.6) is 0 Å². The number of nitrogens with zero attached hydrogens (tertiary/aromatic N) is 1. The van der Waals surface area contributed by atoms with Gasteiger partial charge in [0.15, 0.2) is 0 Å². The van der Waals surface area contributed by atoms with Gasteiger partial charge in [-0.25, -0.2) is 4.39 Å². The van der Waals surface area contributed by atoms with Crippen LogP contribution in [0.3, 0.4) is 0 Å². The predicted molar refractivity (Wildman–Crippen MR) is 33.6 cm³/mol. The number of hydrogen-bond acceptors (Lipinski definition) is 1. The van der Waals surface area contributed by atoms with E-state index in [1.807, 2.05) is 0 Å². The molecule has 0 bridgehead atoms. The highest BCUT2D eigenvalue weighted by Crippen LogP contribution is 1.98. The van der Waals surface area contributed by atoms with Crippen molar-refractivity contribution in [2.45, 2.75) is 13.2 Å². The molecule has 0 aromatic carbocycles. The lowest BCUT2D eigenvalue weighted by atomic mass is 10.3. The summed E-state index contributed by atoms with van der Waals surface area (Å²) in [6.07, 6.45) is -1.59. The molecule has 1 rings (SSSR count). The molecule has 48 valence electrons. The SMILES string of the molecule is [2H]C([2H])([2H])C([2H])([2H])c1cc(F)ccn1. The van der Waals surface area contributed by atoms with E-state index in [1.165, 1.54) is 0 Å². The second-order valence-corrected chi connectivity index (χ2v) is 1.48. The average Bonchev–Trinajstić information content (AvgIpc) is 2.02. The Morgan fingerprint density at radius 1 is 2.00 bits per heavy atom. The molecule has 1 aromatic heterocycles. The topological polar surface area (TPSA) is 12.9 Å². The highest BCUT2D eigenvalue weighted by atomic mass is 19.1. The summed E-state index contributed by atoms with van der Waals surface area (Å²) in [5, 5.41) is 0. The van der Waals surface area contributed by atoms with Crippen molar-refractivity contribution in [3.63, 3.8) is 0 Å². The normalized spacial score (nSPS) is 20.8. The Balaban J connectivity index is 3.16. The van der Waals surface area contributed by atoms with E-state index < -0.39 is 24.7 Å². The lowest BCUT2D eigenvalue weighted by Crippen LogP contribution is -1.85. The highest BCUT2D eigenvalue weighted by molar-refractivity contribution is 5.05. The van der Waals surface area contributed by atoms with Crippen LogP contribution in [-0.2, 0) is 6.37 Å². The van der Waals surface area contributed by atoms with Crippen LogP contribution in [0, 0.1) is 5.82 Å². The third-order valence-electron chi connectivity index (χ3n) is 0.850. The molecule has 0 atom stereocenters. The summed E-state index contributed by atoms with van der Waals surface area (Å²) >= 11 is 0.